The van der Waals surface area contributed by atoms with Crippen LogP contribution in [0.2, 0.25) is 0 Å². The molecule has 1 saturated heterocycles. The minimum atomic E-state index is -0.762. The third kappa shape index (κ3) is 5.58. The van der Waals surface area contributed by atoms with E-state index in [1.807, 2.05) is 0 Å². The highest BCUT2D eigenvalue weighted by Gasteiger charge is 2.26. The van der Waals surface area contributed by atoms with Crippen LogP contribution in [0, 0.1) is 0 Å². The van der Waals surface area contributed by atoms with Gasteiger partial charge in [0.05, 0.1) is 6.61 Å². The van der Waals surface area contributed by atoms with Gasteiger partial charge in [0.25, 0.3) is 0 Å². The zero-order valence-electron chi connectivity index (χ0n) is 10.4. The summed E-state index contributed by atoms with van der Waals surface area (Å²) in [4.78, 5) is 33.6. The lowest BCUT2D eigenvalue weighted by molar-refractivity contribution is -0.152. The Labute approximate surface area is 105 Å². The lowest BCUT2D eigenvalue weighted by atomic mass is 10.3. The number of carbonyl (C=O) groups is 3. The molecule has 1 aliphatic heterocycles. The van der Waals surface area contributed by atoms with Crippen molar-refractivity contribution < 1.29 is 28.6 Å². The fourth-order valence-corrected chi connectivity index (χ4v) is 1.12. The first kappa shape index (κ1) is 14.4. The van der Waals surface area contributed by atoms with Crippen molar-refractivity contribution in [2.75, 3.05) is 13.2 Å². The highest BCUT2D eigenvalue weighted by molar-refractivity contribution is 5.97. The summed E-state index contributed by atoms with van der Waals surface area (Å²) < 4.78 is 14.6. The smallest absolute Gasteiger partial charge is 0.374 e. The Hall–Kier alpha value is -1.69. The zero-order valence-corrected chi connectivity index (χ0v) is 10.4. The van der Waals surface area contributed by atoms with E-state index < -0.39 is 11.9 Å². The van der Waals surface area contributed by atoms with Gasteiger partial charge < -0.3 is 14.2 Å². The van der Waals surface area contributed by atoms with Crippen molar-refractivity contribution in [1.82, 2.24) is 0 Å². The average Bonchev–Trinajstić information content (AvgIpc) is 3.08. The molecule has 18 heavy (non-hydrogen) atoms. The molecule has 0 aromatic rings. The normalized spacial score (nSPS) is 18.1. The molecule has 0 saturated carbocycles. The molecule has 1 unspecified atom stereocenters. The Balaban J connectivity index is 2.46. The molecule has 0 spiro atoms. The van der Waals surface area contributed by atoms with Gasteiger partial charge in [0.15, 0.2) is 0 Å². The van der Waals surface area contributed by atoms with Crippen LogP contribution in [0.4, 0.5) is 0 Å². The Morgan fingerprint density at radius 3 is 2.56 bits per heavy atom. The van der Waals surface area contributed by atoms with Crippen LogP contribution in [0.25, 0.3) is 0 Å². The molecular weight excluding hydrogens is 240 g/mol. The first-order chi connectivity index (χ1) is 8.52. The van der Waals surface area contributed by atoms with Gasteiger partial charge in [0.2, 0.25) is 5.76 Å². The number of Topliss-reactive ketones (excluding diaryl/α,β-unsaturated/α-hetero) is 1. The van der Waals surface area contributed by atoms with Crippen molar-refractivity contribution in [3.05, 3.63) is 11.8 Å². The van der Waals surface area contributed by atoms with Gasteiger partial charge in [-0.3, -0.25) is 9.59 Å². The van der Waals surface area contributed by atoms with Gasteiger partial charge in [-0.25, -0.2) is 4.79 Å². The van der Waals surface area contributed by atoms with Crippen LogP contribution in [0.3, 0.4) is 0 Å². The molecular formula is C12H16O6. The summed E-state index contributed by atoms with van der Waals surface area (Å²) in [7, 11) is 0. The Bertz CT molecular complexity index is 367. The minimum Gasteiger partial charge on any atom is -0.457 e. The molecule has 1 aliphatic rings. The third-order valence-corrected chi connectivity index (χ3v) is 2.01. The van der Waals surface area contributed by atoms with Crippen LogP contribution in [0.5, 0.6) is 0 Å². The van der Waals surface area contributed by atoms with E-state index in [0.717, 1.165) is 0 Å². The minimum absolute atomic E-state index is 0.0512. The summed E-state index contributed by atoms with van der Waals surface area (Å²) in [5.74, 6) is -1.98. The molecule has 0 aliphatic carbocycles. The molecule has 1 atom stereocenters. The lowest BCUT2D eigenvalue weighted by Crippen LogP contribution is -2.18. The van der Waals surface area contributed by atoms with Crippen LogP contribution in [-0.4, -0.2) is 37.0 Å². The van der Waals surface area contributed by atoms with Gasteiger partial charge in [-0.05, 0) is 19.4 Å². The SMILES string of the molecule is CCC=C(OC(=O)CC(C)=O)C(=O)OCC1CO1. The number of allylic oxidation sites excluding steroid dienone is 1. The summed E-state index contributed by atoms with van der Waals surface area (Å²) in [6.45, 7) is 3.78. The first-order valence-corrected chi connectivity index (χ1v) is 5.72. The molecule has 0 amide bonds. The zero-order chi connectivity index (χ0) is 13.5. The molecule has 1 heterocycles. The maximum Gasteiger partial charge on any atom is 0.374 e. The van der Waals surface area contributed by atoms with Crippen molar-refractivity contribution in [1.29, 1.82) is 0 Å². The van der Waals surface area contributed by atoms with Crippen molar-refractivity contribution in [3.8, 4) is 0 Å². The predicted molar refractivity (Wildman–Crippen MR) is 60.5 cm³/mol. The second-order valence-electron chi connectivity index (χ2n) is 3.88. The second kappa shape index (κ2) is 6.90. The predicted octanol–water partition coefficient (Wildman–Crippen LogP) is 0.745. The van der Waals surface area contributed by atoms with E-state index in [1.165, 1.54) is 13.0 Å². The van der Waals surface area contributed by atoms with Crippen LogP contribution < -0.4 is 0 Å². The van der Waals surface area contributed by atoms with E-state index in [9.17, 15) is 14.4 Å². The van der Waals surface area contributed by atoms with E-state index in [1.54, 1.807) is 6.92 Å². The van der Waals surface area contributed by atoms with Crippen LogP contribution in [-0.2, 0) is 28.6 Å². The van der Waals surface area contributed by atoms with Crippen molar-refractivity contribution in [2.45, 2.75) is 32.8 Å². The quantitative estimate of drug-likeness (QED) is 0.220. The first-order valence-electron chi connectivity index (χ1n) is 5.72. The monoisotopic (exact) mass is 256 g/mol. The maximum absolute atomic E-state index is 11.6. The average molecular weight is 256 g/mol. The molecule has 1 fully saturated rings. The second-order valence-corrected chi connectivity index (χ2v) is 3.88. The number of epoxide rings is 1. The summed E-state index contributed by atoms with van der Waals surface area (Å²) in [6.07, 6.45) is 1.54. The number of ketones is 1. The molecule has 0 radical (unpaired) electrons. The Morgan fingerprint density at radius 1 is 1.39 bits per heavy atom. The molecule has 0 aromatic carbocycles. The number of carbonyl (C=O) groups excluding carboxylic acids is 3. The third-order valence-electron chi connectivity index (χ3n) is 2.01. The maximum atomic E-state index is 11.6. The van der Waals surface area contributed by atoms with Gasteiger partial charge in [0.1, 0.15) is 24.9 Å². The van der Waals surface area contributed by atoms with Gasteiger partial charge in [0, 0.05) is 0 Å². The largest absolute Gasteiger partial charge is 0.457 e. The van der Waals surface area contributed by atoms with Gasteiger partial charge in [-0.15, -0.1) is 0 Å². The van der Waals surface area contributed by atoms with E-state index in [2.05, 4.69) is 0 Å². The van der Waals surface area contributed by atoms with Gasteiger partial charge in [-0.2, -0.15) is 0 Å². The molecule has 6 nitrogen and oxygen atoms in total. The standard InChI is InChI=1S/C12H16O6/c1-3-4-10(18-11(14)5-8(2)13)12(15)17-7-9-6-16-9/h4,9H,3,5-7H2,1-2H3. The van der Waals surface area contributed by atoms with Crippen molar-refractivity contribution in [2.24, 2.45) is 0 Å². The highest BCUT2D eigenvalue weighted by Crippen LogP contribution is 2.11. The number of hydrogen-bond donors (Lipinski definition) is 0. The summed E-state index contributed by atoms with van der Waals surface area (Å²) in [5, 5.41) is 0. The molecule has 0 bridgehead atoms. The molecule has 100 valence electrons. The number of ether oxygens (including phenoxy) is 3. The van der Waals surface area contributed by atoms with E-state index >= 15 is 0 Å². The van der Waals surface area contributed by atoms with Gasteiger partial charge in [-0.1, -0.05) is 6.92 Å². The topological polar surface area (TPSA) is 82.2 Å². The number of esters is 2. The Morgan fingerprint density at radius 2 is 2.06 bits per heavy atom. The van der Waals surface area contributed by atoms with E-state index in [-0.39, 0.29) is 30.7 Å². The summed E-state index contributed by atoms with van der Waals surface area (Å²) in [5.41, 5.74) is 0. The molecule has 1 rings (SSSR count). The molecule has 0 aromatic heterocycles. The van der Waals surface area contributed by atoms with Crippen molar-refractivity contribution in [3.63, 3.8) is 0 Å². The summed E-state index contributed by atoms with van der Waals surface area (Å²) in [6, 6.07) is 0. The fourth-order valence-electron chi connectivity index (χ4n) is 1.12. The van der Waals surface area contributed by atoms with E-state index in [0.29, 0.717) is 13.0 Å². The van der Waals surface area contributed by atoms with Crippen molar-refractivity contribution >= 4 is 17.7 Å². The lowest BCUT2D eigenvalue weighted by Gasteiger charge is -2.07. The Kier molecular flexibility index (Phi) is 5.51. The van der Waals surface area contributed by atoms with Crippen LogP contribution in [0.15, 0.2) is 11.8 Å². The number of rotatable bonds is 7. The fraction of sp³-hybridized carbons (Fsp3) is 0.583. The van der Waals surface area contributed by atoms with Crippen LogP contribution in [0.1, 0.15) is 26.7 Å². The molecule has 0 N–H and O–H groups in total. The summed E-state index contributed by atoms with van der Waals surface area (Å²) >= 11 is 0. The number of hydrogen-bond acceptors (Lipinski definition) is 6. The van der Waals surface area contributed by atoms with E-state index in [4.69, 9.17) is 14.2 Å². The highest BCUT2D eigenvalue weighted by atomic mass is 16.6. The molecule has 6 heteroatoms. The van der Waals surface area contributed by atoms with Crippen LogP contribution >= 0.6 is 0 Å². The van der Waals surface area contributed by atoms with Gasteiger partial charge >= 0.3 is 11.9 Å².